The molecular weight excluding hydrogens is 332 g/mol. The van der Waals surface area contributed by atoms with E-state index in [-0.39, 0.29) is 5.91 Å². The topological polar surface area (TPSA) is 85.4 Å². The maximum Gasteiger partial charge on any atom is 0.270 e. The molecule has 7 nitrogen and oxygen atoms in total. The lowest BCUT2D eigenvalue weighted by Gasteiger charge is -2.27. The molecule has 7 heteroatoms. The van der Waals surface area contributed by atoms with Crippen LogP contribution in [0.25, 0.3) is 0 Å². The maximum atomic E-state index is 12.0. The van der Waals surface area contributed by atoms with Gasteiger partial charge < -0.3 is 20.1 Å². The number of amides is 1. The van der Waals surface area contributed by atoms with Crippen molar-refractivity contribution in [3.63, 3.8) is 0 Å². The van der Waals surface area contributed by atoms with Crippen LogP contribution < -0.4 is 20.1 Å². The second-order valence-electron chi connectivity index (χ2n) is 6.69. The molecule has 0 radical (unpaired) electrons. The fraction of sp³-hybridized carbons (Fsp3) is 0.421. The SMILES string of the molecule is COc1ccc2c(c1)OCC(CNc1nc(C)nc3c1CCNC3=O)C2. The lowest BCUT2D eigenvalue weighted by Crippen LogP contribution is -2.34. The minimum atomic E-state index is -0.122. The molecule has 2 aliphatic rings. The van der Waals surface area contributed by atoms with Crippen molar-refractivity contribution < 1.29 is 14.3 Å². The average molecular weight is 354 g/mol. The molecule has 0 saturated heterocycles. The van der Waals surface area contributed by atoms with Crippen LogP contribution in [0.5, 0.6) is 11.5 Å². The molecule has 1 unspecified atom stereocenters. The summed E-state index contributed by atoms with van der Waals surface area (Å²) in [4.78, 5) is 20.8. The molecule has 0 bridgehead atoms. The number of nitrogens with one attached hydrogen (secondary N) is 2. The second-order valence-corrected chi connectivity index (χ2v) is 6.69. The van der Waals surface area contributed by atoms with E-state index in [0.29, 0.717) is 30.6 Å². The molecule has 0 aliphatic carbocycles. The Labute approximate surface area is 152 Å². The van der Waals surface area contributed by atoms with Gasteiger partial charge >= 0.3 is 0 Å². The number of aryl methyl sites for hydroxylation is 1. The van der Waals surface area contributed by atoms with Crippen LogP contribution in [0.1, 0.15) is 27.4 Å². The number of aromatic nitrogens is 2. The first-order valence-corrected chi connectivity index (χ1v) is 8.83. The Morgan fingerprint density at radius 1 is 1.38 bits per heavy atom. The zero-order valence-electron chi connectivity index (χ0n) is 15.0. The molecule has 2 N–H and O–H groups in total. The smallest absolute Gasteiger partial charge is 0.270 e. The third-order valence-corrected chi connectivity index (χ3v) is 4.81. The molecule has 26 heavy (non-hydrogen) atoms. The molecule has 0 fully saturated rings. The van der Waals surface area contributed by atoms with Crippen LogP contribution in [0.15, 0.2) is 18.2 Å². The van der Waals surface area contributed by atoms with Crippen molar-refractivity contribution >= 4 is 11.7 Å². The summed E-state index contributed by atoms with van der Waals surface area (Å²) >= 11 is 0. The highest BCUT2D eigenvalue weighted by Gasteiger charge is 2.25. The molecule has 1 aromatic carbocycles. The number of carbonyl (C=O) groups is 1. The van der Waals surface area contributed by atoms with E-state index < -0.39 is 0 Å². The number of fused-ring (bicyclic) bond motifs is 2. The number of ether oxygens (including phenoxy) is 2. The van der Waals surface area contributed by atoms with Gasteiger partial charge in [0.25, 0.3) is 5.91 Å². The Bertz CT molecular complexity index is 853. The highest BCUT2D eigenvalue weighted by molar-refractivity contribution is 5.95. The van der Waals surface area contributed by atoms with Gasteiger partial charge in [-0.2, -0.15) is 0 Å². The summed E-state index contributed by atoms with van der Waals surface area (Å²) in [7, 11) is 1.65. The minimum Gasteiger partial charge on any atom is -0.497 e. The van der Waals surface area contributed by atoms with E-state index >= 15 is 0 Å². The molecule has 1 amide bonds. The zero-order valence-corrected chi connectivity index (χ0v) is 15.0. The predicted octanol–water partition coefficient (Wildman–Crippen LogP) is 1.74. The van der Waals surface area contributed by atoms with E-state index in [1.165, 1.54) is 5.56 Å². The number of rotatable bonds is 4. The van der Waals surface area contributed by atoms with Crippen LogP contribution in [-0.2, 0) is 12.8 Å². The van der Waals surface area contributed by atoms with Crippen LogP contribution in [-0.4, -0.2) is 42.7 Å². The van der Waals surface area contributed by atoms with Crippen molar-refractivity contribution in [2.24, 2.45) is 5.92 Å². The van der Waals surface area contributed by atoms with Crippen LogP contribution in [0, 0.1) is 12.8 Å². The van der Waals surface area contributed by atoms with Crippen LogP contribution in [0.2, 0.25) is 0 Å². The maximum absolute atomic E-state index is 12.0. The fourth-order valence-corrected chi connectivity index (χ4v) is 3.47. The molecule has 136 valence electrons. The molecule has 1 aromatic heterocycles. The number of benzene rings is 1. The van der Waals surface area contributed by atoms with Gasteiger partial charge in [-0.15, -0.1) is 0 Å². The third kappa shape index (κ3) is 3.16. The molecule has 2 aromatic rings. The van der Waals surface area contributed by atoms with Crippen LogP contribution >= 0.6 is 0 Å². The van der Waals surface area contributed by atoms with Gasteiger partial charge in [0.15, 0.2) is 0 Å². The summed E-state index contributed by atoms with van der Waals surface area (Å²) in [6.07, 6.45) is 1.67. The van der Waals surface area contributed by atoms with Gasteiger partial charge in [-0.1, -0.05) is 6.07 Å². The molecular formula is C19H22N4O3. The van der Waals surface area contributed by atoms with Gasteiger partial charge in [0, 0.05) is 30.6 Å². The molecule has 1 atom stereocenters. The molecule has 0 spiro atoms. The first-order valence-electron chi connectivity index (χ1n) is 8.83. The average Bonchev–Trinajstić information content (AvgIpc) is 2.66. The van der Waals surface area contributed by atoms with Crippen molar-refractivity contribution in [1.82, 2.24) is 15.3 Å². The van der Waals surface area contributed by atoms with Crippen molar-refractivity contribution in [3.05, 3.63) is 40.8 Å². The predicted molar refractivity (Wildman–Crippen MR) is 97.0 cm³/mol. The number of anilines is 1. The van der Waals surface area contributed by atoms with E-state index in [4.69, 9.17) is 9.47 Å². The van der Waals surface area contributed by atoms with Crippen LogP contribution in [0.4, 0.5) is 5.82 Å². The highest BCUT2D eigenvalue weighted by Crippen LogP contribution is 2.31. The van der Waals surface area contributed by atoms with E-state index in [1.54, 1.807) is 14.0 Å². The molecule has 0 saturated carbocycles. The van der Waals surface area contributed by atoms with Crippen molar-refractivity contribution in [2.75, 3.05) is 32.1 Å². The van der Waals surface area contributed by atoms with E-state index in [9.17, 15) is 4.79 Å². The Morgan fingerprint density at radius 3 is 3.12 bits per heavy atom. The van der Waals surface area contributed by atoms with E-state index in [2.05, 4.69) is 26.7 Å². The van der Waals surface area contributed by atoms with Gasteiger partial charge in [-0.25, -0.2) is 9.97 Å². The first-order chi connectivity index (χ1) is 12.6. The number of carbonyl (C=O) groups excluding carboxylic acids is 1. The largest absolute Gasteiger partial charge is 0.497 e. The summed E-state index contributed by atoms with van der Waals surface area (Å²) in [6, 6.07) is 5.95. The van der Waals surface area contributed by atoms with Crippen molar-refractivity contribution in [3.8, 4) is 11.5 Å². The van der Waals surface area contributed by atoms with Crippen molar-refractivity contribution in [1.29, 1.82) is 0 Å². The summed E-state index contributed by atoms with van der Waals surface area (Å²) in [5.74, 6) is 3.28. The quantitative estimate of drug-likeness (QED) is 0.870. The first kappa shape index (κ1) is 16.6. The summed E-state index contributed by atoms with van der Waals surface area (Å²) in [5.41, 5.74) is 2.58. The number of methoxy groups -OCH3 is 1. The second kappa shape index (κ2) is 6.82. The van der Waals surface area contributed by atoms with E-state index in [0.717, 1.165) is 42.3 Å². The number of hydrogen-bond donors (Lipinski definition) is 2. The normalized spacial score (nSPS) is 18.2. The highest BCUT2D eigenvalue weighted by atomic mass is 16.5. The molecule has 4 rings (SSSR count). The Balaban J connectivity index is 1.47. The zero-order chi connectivity index (χ0) is 18.1. The van der Waals surface area contributed by atoms with Gasteiger partial charge in [0.2, 0.25) is 0 Å². The standard InChI is InChI=1S/C19H22N4O3/c1-11-22-17-15(5-6-20-19(17)24)18(23-11)21-9-12-7-13-3-4-14(25-2)8-16(13)26-10-12/h3-4,8,12H,5-7,9-10H2,1-2H3,(H,20,24)(H,21,22,23). The summed E-state index contributed by atoms with van der Waals surface area (Å²) < 4.78 is 11.1. The third-order valence-electron chi connectivity index (χ3n) is 4.81. The number of nitrogens with zero attached hydrogens (tertiary/aromatic N) is 2. The lowest BCUT2D eigenvalue weighted by atomic mass is 9.96. The van der Waals surface area contributed by atoms with Crippen LogP contribution in [0.3, 0.4) is 0 Å². The number of hydrogen-bond acceptors (Lipinski definition) is 6. The van der Waals surface area contributed by atoms with Gasteiger partial charge in [0.1, 0.15) is 28.8 Å². The Hall–Kier alpha value is -2.83. The molecule has 3 heterocycles. The minimum absolute atomic E-state index is 0.122. The lowest BCUT2D eigenvalue weighted by molar-refractivity contribution is 0.0940. The van der Waals surface area contributed by atoms with E-state index in [1.807, 2.05) is 12.1 Å². The Morgan fingerprint density at radius 2 is 2.27 bits per heavy atom. The molecule has 2 aliphatic heterocycles. The summed E-state index contributed by atoms with van der Waals surface area (Å²) in [6.45, 7) is 3.80. The fourth-order valence-electron chi connectivity index (χ4n) is 3.47. The van der Waals surface area contributed by atoms with Gasteiger partial charge in [-0.3, -0.25) is 4.79 Å². The monoisotopic (exact) mass is 354 g/mol. The van der Waals surface area contributed by atoms with Crippen molar-refractivity contribution in [2.45, 2.75) is 19.8 Å². The Kier molecular flexibility index (Phi) is 4.36. The summed E-state index contributed by atoms with van der Waals surface area (Å²) in [5, 5.41) is 6.25. The van der Waals surface area contributed by atoms with Gasteiger partial charge in [-0.05, 0) is 31.4 Å². The van der Waals surface area contributed by atoms with Gasteiger partial charge in [0.05, 0.1) is 13.7 Å².